The molecule has 32 heavy (non-hydrogen) atoms. The van der Waals surface area contributed by atoms with Crippen LogP contribution >= 0.6 is 11.8 Å². The molecule has 166 valence electrons. The zero-order valence-corrected chi connectivity index (χ0v) is 18.7. The molecular weight excluding hydrogens is 430 g/mol. The lowest BCUT2D eigenvalue weighted by Gasteiger charge is -2.28. The van der Waals surface area contributed by atoms with Crippen LogP contribution in [-0.2, 0) is 14.3 Å². The molecule has 0 unspecified atom stereocenters. The van der Waals surface area contributed by atoms with Gasteiger partial charge in [0, 0.05) is 5.70 Å². The van der Waals surface area contributed by atoms with E-state index < -0.39 is 11.8 Å². The summed E-state index contributed by atoms with van der Waals surface area (Å²) >= 11 is 1.15. The molecule has 0 aliphatic carbocycles. The summed E-state index contributed by atoms with van der Waals surface area (Å²) in [4.78, 5) is 25.2. The first-order valence-electron chi connectivity index (χ1n) is 9.88. The fraction of sp³-hybridized carbons (Fsp3) is 0.261. The minimum Gasteiger partial charge on any atom is -0.495 e. The number of thioether (sulfide) groups is 1. The van der Waals surface area contributed by atoms with Gasteiger partial charge in [-0.3, -0.25) is 9.59 Å². The highest BCUT2D eigenvalue weighted by Gasteiger charge is 2.36. The van der Waals surface area contributed by atoms with Gasteiger partial charge in [-0.05, 0) is 38.1 Å². The molecule has 0 spiro atoms. The number of nitrogens with one attached hydrogen (secondary N) is 2. The van der Waals surface area contributed by atoms with Gasteiger partial charge in [-0.25, -0.2) is 0 Å². The smallest absolute Gasteiger partial charge is 0.316 e. The molecule has 0 saturated carbocycles. The van der Waals surface area contributed by atoms with Gasteiger partial charge in [0.1, 0.15) is 11.5 Å². The number of rotatable bonds is 8. The third kappa shape index (κ3) is 4.98. The molecule has 2 aromatic rings. The van der Waals surface area contributed by atoms with Crippen molar-refractivity contribution in [2.75, 3.05) is 24.8 Å². The normalized spacial score (nSPS) is 15.6. The highest BCUT2D eigenvalue weighted by atomic mass is 32.2. The van der Waals surface area contributed by atoms with E-state index >= 15 is 0 Å². The Kier molecular flexibility index (Phi) is 7.63. The largest absolute Gasteiger partial charge is 0.495 e. The van der Waals surface area contributed by atoms with E-state index in [1.807, 2.05) is 0 Å². The van der Waals surface area contributed by atoms with E-state index in [1.165, 1.54) is 13.4 Å². The van der Waals surface area contributed by atoms with Crippen molar-refractivity contribution in [3.8, 4) is 11.8 Å². The molecule has 1 aromatic heterocycles. The molecule has 2 heterocycles. The van der Waals surface area contributed by atoms with Crippen molar-refractivity contribution in [3.63, 3.8) is 0 Å². The van der Waals surface area contributed by atoms with Crippen LogP contribution in [0.15, 0.2) is 69.0 Å². The van der Waals surface area contributed by atoms with Crippen molar-refractivity contribution in [2.24, 2.45) is 0 Å². The van der Waals surface area contributed by atoms with E-state index in [-0.39, 0.29) is 23.9 Å². The summed E-state index contributed by atoms with van der Waals surface area (Å²) in [7, 11) is 1.52. The second-order valence-corrected chi connectivity index (χ2v) is 7.70. The molecule has 8 nitrogen and oxygen atoms in total. The highest BCUT2D eigenvalue weighted by molar-refractivity contribution is 8.03. The Labute approximate surface area is 190 Å². The zero-order valence-electron chi connectivity index (χ0n) is 17.9. The number of nitriles is 1. The van der Waals surface area contributed by atoms with Gasteiger partial charge in [-0.15, -0.1) is 0 Å². The van der Waals surface area contributed by atoms with E-state index in [4.69, 9.17) is 13.9 Å². The van der Waals surface area contributed by atoms with Gasteiger partial charge in [0.15, 0.2) is 0 Å². The predicted molar refractivity (Wildman–Crippen MR) is 121 cm³/mol. The number of para-hydroxylation sites is 2. The number of esters is 1. The van der Waals surface area contributed by atoms with Crippen molar-refractivity contribution < 1.29 is 23.5 Å². The van der Waals surface area contributed by atoms with Crippen LogP contribution in [0.25, 0.3) is 0 Å². The lowest BCUT2D eigenvalue weighted by Crippen LogP contribution is -2.31. The fourth-order valence-corrected chi connectivity index (χ4v) is 4.23. The molecule has 0 radical (unpaired) electrons. The summed E-state index contributed by atoms with van der Waals surface area (Å²) in [5.41, 5.74) is 1.67. The monoisotopic (exact) mass is 453 g/mol. The summed E-state index contributed by atoms with van der Waals surface area (Å²) in [6.45, 7) is 3.75. The summed E-state index contributed by atoms with van der Waals surface area (Å²) in [5, 5.41) is 16.4. The van der Waals surface area contributed by atoms with Gasteiger partial charge in [0.05, 0.1) is 59.6 Å². The van der Waals surface area contributed by atoms with E-state index in [9.17, 15) is 14.9 Å². The number of benzene rings is 1. The topological polar surface area (TPSA) is 114 Å². The van der Waals surface area contributed by atoms with Crippen LogP contribution in [0.1, 0.15) is 25.5 Å². The lowest BCUT2D eigenvalue weighted by molar-refractivity contribution is -0.139. The molecule has 2 N–H and O–H groups in total. The zero-order chi connectivity index (χ0) is 23.1. The van der Waals surface area contributed by atoms with Crippen LogP contribution in [0.3, 0.4) is 0 Å². The second-order valence-electron chi connectivity index (χ2n) is 6.71. The first-order valence-corrected chi connectivity index (χ1v) is 10.9. The van der Waals surface area contributed by atoms with Crippen molar-refractivity contribution in [3.05, 3.63) is 70.3 Å². The number of allylic oxidation sites excluding steroid dienone is 2. The third-order valence-electron chi connectivity index (χ3n) is 4.71. The first kappa shape index (κ1) is 23.0. The standard InChI is InChI=1S/C23H23N3O5S/c1-4-30-19(27)13-32-23-15(12-24)21(18-10-7-11-31-18)20(14(2)25-23)22(28)26-16-8-5-6-9-17(16)29-3/h5-11,21,25H,4,13H2,1-3H3,(H,26,28)/t21-/m1/s1. The molecule has 0 fully saturated rings. The summed E-state index contributed by atoms with van der Waals surface area (Å²) in [6, 6.07) is 12.7. The Morgan fingerprint density at radius 2 is 2.06 bits per heavy atom. The van der Waals surface area contributed by atoms with Gasteiger partial charge in [-0.1, -0.05) is 23.9 Å². The molecule has 0 saturated heterocycles. The number of nitrogens with zero attached hydrogens (tertiary/aromatic N) is 1. The Morgan fingerprint density at radius 3 is 2.72 bits per heavy atom. The average molecular weight is 454 g/mol. The molecule has 9 heteroatoms. The van der Waals surface area contributed by atoms with Gasteiger partial charge in [-0.2, -0.15) is 5.26 Å². The highest BCUT2D eigenvalue weighted by Crippen LogP contribution is 2.41. The van der Waals surface area contributed by atoms with Gasteiger partial charge in [0.25, 0.3) is 5.91 Å². The maximum atomic E-state index is 13.4. The van der Waals surface area contributed by atoms with Gasteiger partial charge >= 0.3 is 5.97 Å². The van der Waals surface area contributed by atoms with Crippen LogP contribution < -0.4 is 15.4 Å². The predicted octanol–water partition coefficient (Wildman–Crippen LogP) is 3.92. The summed E-state index contributed by atoms with van der Waals surface area (Å²) < 4.78 is 15.9. The number of carbonyl (C=O) groups is 2. The number of ether oxygens (including phenoxy) is 2. The minimum absolute atomic E-state index is 0.0300. The summed E-state index contributed by atoms with van der Waals surface area (Å²) in [5.74, 6) is -0.540. The van der Waals surface area contributed by atoms with Crippen LogP contribution in [0.2, 0.25) is 0 Å². The maximum absolute atomic E-state index is 13.4. The SMILES string of the molecule is CCOC(=O)CSC1=C(C#N)[C@H](c2ccco2)C(C(=O)Nc2ccccc2OC)=C(C)N1. The first-order chi connectivity index (χ1) is 15.5. The number of amides is 1. The molecule has 0 bridgehead atoms. The van der Waals surface area contributed by atoms with Crippen LogP contribution in [0.4, 0.5) is 5.69 Å². The Bertz CT molecular complexity index is 1100. The van der Waals surface area contributed by atoms with Crippen molar-refractivity contribution in [2.45, 2.75) is 19.8 Å². The maximum Gasteiger partial charge on any atom is 0.316 e. The second kappa shape index (κ2) is 10.6. The molecule has 1 aromatic carbocycles. The van der Waals surface area contributed by atoms with Crippen LogP contribution in [0.5, 0.6) is 5.75 Å². The Morgan fingerprint density at radius 1 is 1.28 bits per heavy atom. The van der Waals surface area contributed by atoms with E-state index in [2.05, 4.69) is 16.7 Å². The number of hydrogen-bond acceptors (Lipinski definition) is 8. The number of carbonyl (C=O) groups excluding carboxylic acids is 2. The Balaban J connectivity index is 1.97. The quantitative estimate of drug-likeness (QED) is 0.578. The number of hydrogen-bond donors (Lipinski definition) is 2. The molecular formula is C23H23N3O5S. The number of dihydropyridines is 1. The van der Waals surface area contributed by atoms with Crippen molar-refractivity contribution >= 4 is 29.3 Å². The van der Waals surface area contributed by atoms with Crippen LogP contribution in [0, 0.1) is 11.3 Å². The molecule has 1 aliphatic rings. The summed E-state index contributed by atoms with van der Waals surface area (Å²) in [6.07, 6.45) is 1.49. The van der Waals surface area contributed by atoms with Crippen molar-refractivity contribution in [1.29, 1.82) is 5.26 Å². The average Bonchev–Trinajstić information content (AvgIpc) is 3.32. The minimum atomic E-state index is -0.740. The number of methoxy groups -OCH3 is 1. The van der Waals surface area contributed by atoms with Gasteiger partial charge < -0.3 is 24.5 Å². The molecule has 1 aliphatic heterocycles. The lowest BCUT2D eigenvalue weighted by atomic mass is 9.85. The third-order valence-corrected chi connectivity index (χ3v) is 5.71. The van der Waals surface area contributed by atoms with E-state index in [1.54, 1.807) is 50.2 Å². The molecule has 3 rings (SSSR count). The molecule has 1 atom stereocenters. The van der Waals surface area contributed by atoms with E-state index in [0.717, 1.165) is 11.8 Å². The molecule has 1 amide bonds. The number of furan rings is 1. The van der Waals surface area contributed by atoms with Crippen molar-refractivity contribution in [1.82, 2.24) is 5.32 Å². The van der Waals surface area contributed by atoms with Gasteiger partial charge in [0.2, 0.25) is 0 Å². The Hall–Kier alpha value is -3.64. The fourth-order valence-electron chi connectivity index (χ4n) is 3.34. The van der Waals surface area contributed by atoms with E-state index in [0.29, 0.717) is 33.5 Å². The van der Waals surface area contributed by atoms with Crippen LogP contribution in [-0.4, -0.2) is 31.3 Å². The number of anilines is 1.